The first kappa shape index (κ1) is 15.8. The van der Waals surface area contributed by atoms with Crippen molar-refractivity contribution in [3.05, 3.63) is 46.7 Å². The van der Waals surface area contributed by atoms with E-state index >= 15 is 0 Å². The molecule has 0 radical (unpaired) electrons. The maximum Gasteiger partial charge on any atom is 0.254 e. The Balaban J connectivity index is 1.58. The molecule has 2 aromatic heterocycles. The van der Waals surface area contributed by atoms with Crippen LogP contribution in [0, 0.1) is 20.8 Å². The number of aryl methyl sites for hydroxylation is 3. The topological polar surface area (TPSA) is 86.9 Å². The quantitative estimate of drug-likeness (QED) is 0.751. The molecule has 3 aromatic rings. The summed E-state index contributed by atoms with van der Waals surface area (Å²) in [6.07, 6.45) is -0.289. The van der Waals surface area contributed by atoms with Crippen LogP contribution in [0.25, 0.3) is 10.9 Å². The summed E-state index contributed by atoms with van der Waals surface area (Å²) in [5, 5.41) is 8.08. The Morgan fingerprint density at radius 3 is 2.92 bits per heavy atom. The van der Waals surface area contributed by atoms with Crippen molar-refractivity contribution in [1.29, 1.82) is 0 Å². The zero-order valence-corrected chi connectivity index (χ0v) is 14.6. The second-order valence-corrected chi connectivity index (χ2v) is 6.52. The molecule has 7 nitrogen and oxygen atoms in total. The fraction of sp³-hybridized carbons (Fsp3) is 0.389. The lowest BCUT2D eigenvalue weighted by Gasteiger charge is -2.31. The summed E-state index contributed by atoms with van der Waals surface area (Å²) < 4.78 is 5.74. The predicted molar refractivity (Wildman–Crippen MR) is 93.5 cm³/mol. The molecular weight excluding hydrogens is 318 g/mol. The van der Waals surface area contributed by atoms with Crippen LogP contribution in [0.2, 0.25) is 0 Å². The third kappa shape index (κ3) is 2.80. The lowest BCUT2D eigenvalue weighted by Crippen LogP contribution is -2.42. The Morgan fingerprint density at radius 2 is 2.16 bits per heavy atom. The molecule has 7 heteroatoms. The van der Waals surface area contributed by atoms with Gasteiger partial charge in [0.25, 0.3) is 5.91 Å². The summed E-state index contributed by atoms with van der Waals surface area (Å²) in [5.74, 6) is 1.36. The molecule has 25 heavy (non-hydrogen) atoms. The summed E-state index contributed by atoms with van der Waals surface area (Å²) in [6, 6.07) is 5.82. The van der Waals surface area contributed by atoms with Crippen LogP contribution in [0.4, 0.5) is 0 Å². The second-order valence-electron chi connectivity index (χ2n) is 6.52. The monoisotopic (exact) mass is 339 g/mol. The van der Waals surface area contributed by atoms with Gasteiger partial charge in [-0.2, -0.15) is 5.10 Å². The smallest absolute Gasteiger partial charge is 0.254 e. The van der Waals surface area contributed by atoms with E-state index in [4.69, 9.17) is 4.74 Å². The van der Waals surface area contributed by atoms with Gasteiger partial charge in [0.05, 0.1) is 13.2 Å². The van der Waals surface area contributed by atoms with Gasteiger partial charge < -0.3 is 14.6 Å². The molecule has 0 aliphatic carbocycles. The fourth-order valence-corrected chi connectivity index (χ4v) is 3.27. The number of rotatable bonds is 2. The van der Waals surface area contributed by atoms with Crippen molar-refractivity contribution in [3.8, 4) is 0 Å². The van der Waals surface area contributed by atoms with Crippen molar-refractivity contribution in [1.82, 2.24) is 25.1 Å². The highest BCUT2D eigenvalue weighted by Gasteiger charge is 2.28. The summed E-state index contributed by atoms with van der Waals surface area (Å²) in [4.78, 5) is 22.4. The lowest BCUT2D eigenvalue weighted by molar-refractivity contribution is -0.0266. The van der Waals surface area contributed by atoms with E-state index in [-0.39, 0.29) is 12.0 Å². The van der Waals surface area contributed by atoms with Gasteiger partial charge in [0.1, 0.15) is 11.9 Å². The molecule has 1 amide bonds. The number of hydrogen-bond donors (Lipinski definition) is 2. The van der Waals surface area contributed by atoms with E-state index < -0.39 is 0 Å². The van der Waals surface area contributed by atoms with E-state index in [1.165, 1.54) is 5.56 Å². The molecule has 1 unspecified atom stereocenters. The van der Waals surface area contributed by atoms with E-state index in [1.54, 1.807) is 0 Å². The molecule has 1 aromatic carbocycles. The Hall–Kier alpha value is -2.67. The van der Waals surface area contributed by atoms with E-state index in [2.05, 4.69) is 27.1 Å². The summed E-state index contributed by atoms with van der Waals surface area (Å²) in [5.41, 5.74) is 4.07. The Labute approximate surface area is 145 Å². The molecule has 1 atom stereocenters. The third-order valence-electron chi connectivity index (χ3n) is 4.81. The van der Waals surface area contributed by atoms with E-state index in [9.17, 15) is 4.79 Å². The predicted octanol–water partition coefficient (Wildman–Crippen LogP) is 2.42. The molecule has 1 saturated heterocycles. The minimum absolute atomic E-state index is 0.0145. The molecule has 130 valence electrons. The molecule has 1 aliphatic heterocycles. The van der Waals surface area contributed by atoms with Crippen LogP contribution in [0.15, 0.2) is 18.2 Å². The number of benzene rings is 1. The molecule has 1 aliphatic rings. The zero-order chi connectivity index (χ0) is 17.6. The highest BCUT2D eigenvalue weighted by Crippen LogP contribution is 2.25. The van der Waals surface area contributed by atoms with Gasteiger partial charge in [0.15, 0.2) is 5.82 Å². The summed E-state index contributed by atoms with van der Waals surface area (Å²) >= 11 is 0. The van der Waals surface area contributed by atoms with Gasteiger partial charge in [0, 0.05) is 28.7 Å². The largest absolute Gasteiger partial charge is 0.366 e. The minimum atomic E-state index is -0.289. The standard InChI is InChI=1S/C18H21N5O2/c1-10-11(2)19-15-5-4-13(8-14(10)15)18(24)23-6-7-25-16(9-23)17-20-12(3)21-22-17/h4-5,8,16,19H,6-7,9H2,1-3H3,(H,20,21,22). The number of nitrogens with one attached hydrogen (secondary N) is 2. The van der Waals surface area contributed by atoms with Gasteiger partial charge in [0.2, 0.25) is 0 Å². The van der Waals surface area contributed by atoms with Crippen molar-refractivity contribution < 1.29 is 9.53 Å². The molecule has 0 bridgehead atoms. The number of ether oxygens (including phenoxy) is 1. The number of amides is 1. The van der Waals surface area contributed by atoms with E-state index in [0.717, 1.165) is 22.4 Å². The number of fused-ring (bicyclic) bond motifs is 1. The number of H-pyrrole nitrogens is 2. The van der Waals surface area contributed by atoms with Crippen LogP contribution in [0.1, 0.15) is 39.4 Å². The molecule has 0 saturated carbocycles. The van der Waals surface area contributed by atoms with Gasteiger partial charge >= 0.3 is 0 Å². The zero-order valence-electron chi connectivity index (χ0n) is 14.6. The van der Waals surface area contributed by atoms with Crippen LogP contribution in [0.3, 0.4) is 0 Å². The first-order chi connectivity index (χ1) is 12.0. The Kier molecular flexibility index (Phi) is 3.80. The number of aromatic amines is 2. The number of aromatic nitrogens is 4. The average Bonchev–Trinajstić information content (AvgIpc) is 3.18. The first-order valence-electron chi connectivity index (χ1n) is 8.41. The molecule has 0 spiro atoms. The Morgan fingerprint density at radius 1 is 1.32 bits per heavy atom. The molecule has 2 N–H and O–H groups in total. The molecule has 1 fully saturated rings. The molecule has 4 rings (SSSR count). The second kappa shape index (κ2) is 6.00. The summed E-state index contributed by atoms with van der Waals surface area (Å²) in [6.45, 7) is 7.47. The maximum absolute atomic E-state index is 13.0. The number of nitrogens with zero attached hydrogens (tertiary/aromatic N) is 3. The maximum atomic E-state index is 13.0. The first-order valence-corrected chi connectivity index (χ1v) is 8.41. The number of carbonyl (C=O) groups excluding carboxylic acids is 1. The van der Waals surface area contributed by atoms with Crippen molar-refractivity contribution in [3.63, 3.8) is 0 Å². The fourth-order valence-electron chi connectivity index (χ4n) is 3.27. The van der Waals surface area contributed by atoms with Crippen LogP contribution >= 0.6 is 0 Å². The number of carbonyl (C=O) groups is 1. The lowest BCUT2D eigenvalue weighted by atomic mass is 10.1. The van der Waals surface area contributed by atoms with E-state index in [0.29, 0.717) is 31.1 Å². The van der Waals surface area contributed by atoms with Gasteiger partial charge in [-0.1, -0.05) is 0 Å². The van der Waals surface area contributed by atoms with Crippen molar-refractivity contribution in [2.45, 2.75) is 26.9 Å². The van der Waals surface area contributed by atoms with Crippen molar-refractivity contribution >= 4 is 16.8 Å². The van der Waals surface area contributed by atoms with Crippen LogP contribution < -0.4 is 0 Å². The molecular formula is C18H21N5O2. The van der Waals surface area contributed by atoms with Gasteiger partial charge in [-0.3, -0.25) is 9.89 Å². The van der Waals surface area contributed by atoms with Gasteiger partial charge in [-0.05, 0) is 44.5 Å². The van der Waals surface area contributed by atoms with Crippen LogP contribution in [-0.2, 0) is 4.74 Å². The third-order valence-corrected chi connectivity index (χ3v) is 4.81. The number of morpholine rings is 1. The average molecular weight is 339 g/mol. The van der Waals surface area contributed by atoms with Crippen molar-refractivity contribution in [2.24, 2.45) is 0 Å². The van der Waals surface area contributed by atoms with Gasteiger partial charge in [-0.15, -0.1) is 0 Å². The minimum Gasteiger partial charge on any atom is -0.366 e. The van der Waals surface area contributed by atoms with Crippen molar-refractivity contribution in [2.75, 3.05) is 19.7 Å². The summed E-state index contributed by atoms with van der Waals surface area (Å²) in [7, 11) is 0. The van der Waals surface area contributed by atoms with E-state index in [1.807, 2.05) is 36.9 Å². The Bertz CT molecular complexity index is 942. The highest BCUT2D eigenvalue weighted by molar-refractivity contribution is 5.99. The van der Waals surface area contributed by atoms with Crippen LogP contribution in [-0.4, -0.2) is 50.7 Å². The number of hydrogen-bond acceptors (Lipinski definition) is 4. The SMILES string of the molecule is Cc1nc(C2CN(C(=O)c3ccc4[nH]c(C)c(C)c4c3)CCO2)n[nH]1. The normalized spacial score (nSPS) is 18.0. The highest BCUT2D eigenvalue weighted by atomic mass is 16.5. The van der Waals surface area contributed by atoms with Gasteiger partial charge in [-0.25, -0.2) is 4.98 Å². The van der Waals surface area contributed by atoms with Crippen LogP contribution in [0.5, 0.6) is 0 Å². The molecule has 3 heterocycles.